The zero-order chi connectivity index (χ0) is 13.2. The Morgan fingerprint density at radius 3 is 2.83 bits per heavy atom. The van der Waals surface area contributed by atoms with E-state index in [-0.39, 0.29) is 18.3 Å². The fourth-order valence-corrected chi connectivity index (χ4v) is 1.41. The normalized spacial score (nSPS) is 9.83. The Morgan fingerprint density at radius 2 is 2.17 bits per heavy atom. The Morgan fingerprint density at radius 1 is 1.33 bits per heavy atom. The number of pyridine rings is 1. The number of aryl methyl sites for hydroxylation is 1. The highest BCUT2D eigenvalue weighted by atomic mass is 16.5. The maximum absolute atomic E-state index is 11.5. The Balaban J connectivity index is 2.13. The van der Waals surface area contributed by atoms with E-state index in [4.69, 9.17) is 4.74 Å². The van der Waals surface area contributed by atoms with Gasteiger partial charge < -0.3 is 10.1 Å². The Hall–Kier alpha value is -1.91. The Bertz CT molecular complexity index is 379. The molecule has 0 radical (unpaired) electrons. The fraction of sp³-hybridized carbons (Fsp3) is 0.462. The van der Waals surface area contributed by atoms with Crippen LogP contribution in [0.25, 0.3) is 0 Å². The molecule has 0 aliphatic rings. The molecule has 0 aliphatic heterocycles. The van der Waals surface area contributed by atoms with Gasteiger partial charge in [0.2, 0.25) is 5.91 Å². The lowest BCUT2D eigenvalue weighted by Gasteiger charge is -2.04. The molecule has 0 saturated heterocycles. The van der Waals surface area contributed by atoms with Gasteiger partial charge in [-0.15, -0.1) is 0 Å². The molecule has 0 spiro atoms. The smallest absolute Gasteiger partial charge is 0.307 e. The second kappa shape index (κ2) is 8.22. The van der Waals surface area contributed by atoms with Gasteiger partial charge in [0.05, 0.1) is 13.0 Å². The molecule has 0 saturated carbocycles. The summed E-state index contributed by atoms with van der Waals surface area (Å²) < 4.78 is 4.75. The molecular weight excluding hydrogens is 232 g/mol. The minimum absolute atomic E-state index is 0.0787. The summed E-state index contributed by atoms with van der Waals surface area (Å²) in [6.07, 6.45) is 2.89. The molecule has 0 fully saturated rings. The van der Waals surface area contributed by atoms with Crippen molar-refractivity contribution >= 4 is 11.9 Å². The van der Waals surface area contributed by atoms with Crippen molar-refractivity contribution in [3.8, 4) is 0 Å². The lowest BCUT2D eigenvalue weighted by atomic mass is 10.2. The van der Waals surface area contributed by atoms with Crippen molar-refractivity contribution in [2.45, 2.75) is 26.2 Å². The van der Waals surface area contributed by atoms with E-state index in [1.54, 1.807) is 13.1 Å². The van der Waals surface area contributed by atoms with Gasteiger partial charge in [-0.2, -0.15) is 0 Å². The number of hydrogen-bond donors (Lipinski definition) is 1. The molecule has 1 heterocycles. The number of ether oxygens (including phenoxy) is 1. The maximum atomic E-state index is 11.5. The molecule has 1 rings (SSSR count). The summed E-state index contributed by atoms with van der Waals surface area (Å²) in [6.45, 7) is 2.44. The quantitative estimate of drug-likeness (QED) is 0.735. The van der Waals surface area contributed by atoms with E-state index >= 15 is 0 Å². The Labute approximate surface area is 107 Å². The van der Waals surface area contributed by atoms with E-state index in [0.29, 0.717) is 26.0 Å². The van der Waals surface area contributed by atoms with Crippen molar-refractivity contribution < 1.29 is 14.3 Å². The minimum Gasteiger partial charge on any atom is -0.466 e. The molecule has 1 N–H and O–H groups in total. The predicted molar refractivity (Wildman–Crippen MR) is 66.8 cm³/mol. The highest BCUT2D eigenvalue weighted by molar-refractivity contribution is 5.77. The third-order valence-electron chi connectivity index (χ3n) is 2.29. The molecule has 1 aromatic heterocycles. The average molecular weight is 250 g/mol. The van der Waals surface area contributed by atoms with Gasteiger partial charge in [0.15, 0.2) is 0 Å². The number of amides is 1. The maximum Gasteiger partial charge on any atom is 0.307 e. The van der Waals surface area contributed by atoms with Crippen molar-refractivity contribution in [1.82, 2.24) is 10.3 Å². The number of hydrogen-bond acceptors (Lipinski definition) is 4. The van der Waals surface area contributed by atoms with E-state index in [1.807, 2.05) is 18.2 Å². The zero-order valence-corrected chi connectivity index (χ0v) is 10.5. The van der Waals surface area contributed by atoms with Gasteiger partial charge in [-0.1, -0.05) is 6.07 Å². The van der Waals surface area contributed by atoms with Crippen LogP contribution in [0.3, 0.4) is 0 Å². The van der Waals surface area contributed by atoms with Crippen LogP contribution >= 0.6 is 0 Å². The zero-order valence-electron chi connectivity index (χ0n) is 10.5. The van der Waals surface area contributed by atoms with Crippen molar-refractivity contribution in [3.05, 3.63) is 30.1 Å². The summed E-state index contributed by atoms with van der Waals surface area (Å²) >= 11 is 0. The molecule has 5 nitrogen and oxygen atoms in total. The predicted octanol–water partition coefficient (Wildman–Crippen LogP) is 1.08. The van der Waals surface area contributed by atoms with Crippen LogP contribution < -0.4 is 5.32 Å². The number of nitrogens with one attached hydrogen (secondary N) is 1. The van der Waals surface area contributed by atoms with E-state index in [2.05, 4.69) is 10.3 Å². The molecule has 0 atom stereocenters. The van der Waals surface area contributed by atoms with Gasteiger partial charge in [-0.25, -0.2) is 0 Å². The highest BCUT2D eigenvalue weighted by Crippen LogP contribution is 1.98. The molecule has 18 heavy (non-hydrogen) atoms. The summed E-state index contributed by atoms with van der Waals surface area (Å²) in [6, 6.07) is 5.61. The third kappa shape index (κ3) is 5.98. The Kier molecular flexibility index (Phi) is 6.46. The van der Waals surface area contributed by atoms with E-state index in [1.165, 1.54) is 0 Å². The second-order valence-electron chi connectivity index (χ2n) is 3.73. The summed E-state index contributed by atoms with van der Waals surface area (Å²) in [5.74, 6) is -0.368. The van der Waals surface area contributed by atoms with Gasteiger partial charge in [0.25, 0.3) is 0 Å². The molecule has 1 aromatic rings. The van der Waals surface area contributed by atoms with E-state index < -0.39 is 0 Å². The highest BCUT2D eigenvalue weighted by Gasteiger charge is 2.05. The number of carbonyl (C=O) groups excluding carboxylic acids is 2. The van der Waals surface area contributed by atoms with Crippen LogP contribution in [0, 0.1) is 0 Å². The van der Waals surface area contributed by atoms with Gasteiger partial charge in [-0.05, 0) is 25.5 Å². The lowest BCUT2D eigenvalue weighted by Crippen LogP contribution is -2.26. The van der Waals surface area contributed by atoms with Gasteiger partial charge >= 0.3 is 5.97 Å². The topological polar surface area (TPSA) is 68.3 Å². The summed E-state index contributed by atoms with van der Waals surface area (Å²) in [7, 11) is 0. The van der Waals surface area contributed by atoms with E-state index in [0.717, 1.165) is 5.69 Å². The second-order valence-corrected chi connectivity index (χ2v) is 3.73. The lowest BCUT2D eigenvalue weighted by molar-refractivity contribution is -0.143. The molecule has 0 aromatic carbocycles. The molecule has 0 aliphatic carbocycles. The minimum atomic E-state index is -0.289. The third-order valence-corrected chi connectivity index (χ3v) is 2.29. The number of aromatic nitrogens is 1. The first kappa shape index (κ1) is 14.2. The van der Waals surface area contributed by atoms with Gasteiger partial charge in [-0.3, -0.25) is 14.6 Å². The van der Waals surface area contributed by atoms with Crippen molar-refractivity contribution in [2.24, 2.45) is 0 Å². The van der Waals surface area contributed by atoms with Crippen LogP contribution in [0.2, 0.25) is 0 Å². The fourth-order valence-electron chi connectivity index (χ4n) is 1.41. The summed E-state index contributed by atoms with van der Waals surface area (Å²) in [5.41, 5.74) is 0.887. The first-order valence-electron chi connectivity index (χ1n) is 6.04. The summed E-state index contributed by atoms with van der Waals surface area (Å²) in [5, 5.41) is 2.67. The van der Waals surface area contributed by atoms with E-state index in [9.17, 15) is 9.59 Å². The number of rotatable bonds is 7. The van der Waals surface area contributed by atoms with Crippen LogP contribution in [0.15, 0.2) is 24.4 Å². The van der Waals surface area contributed by atoms with Crippen molar-refractivity contribution in [2.75, 3.05) is 13.2 Å². The van der Waals surface area contributed by atoms with Crippen LogP contribution in [0.5, 0.6) is 0 Å². The molecular formula is C13H18N2O3. The first-order chi connectivity index (χ1) is 8.72. The van der Waals surface area contributed by atoms with Crippen LogP contribution in [-0.4, -0.2) is 30.0 Å². The van der Waals surface area contributed by atoms with Crippen LogP contribution in [-0.2, 0) is 20.7 Å². The molecule has 98 valence electrons. The van der Waals surface area contributed by atoms with Crippen molar-refractivity contribution in [3.63, 3.8) is 0 Å². The standard InChI is InChI=1S/C13H18N2O3/c1-2-18-13(17)8-10-15-12(16)7-6-11-5-3-4-9-14-11/h3-5,9H,2,6-8,10H2,1H3,(H,15,16). The van der Waals surface area contributed by atoms with Crippen LogP contribution in [0.1, 0.15) is 25.5 Å². The summed E-state index contributed by atoms with van der Waals surface area (Å²) in [4.78, 5) is 26.6. The molecule has 0 bridgehead atoms. The van der Waals surface area contributed by atoms with Gasteiger partial charge in [0, 0.05) is 24.9 Å². The monoisotopic (exact) mass is 250 g/mol. The SMILES string of the molecule is CCOC(=O)CCNC(=O)CCc1ccccn1. The van der Waals surface area contributed by atoms with Gasteiger partial charge in [0.1, 0.15) is 0 Å². The van der Waals surface area contributed by atoms with Crippen molar-refractivity contribution in [1.29, 1.82) is 0 Å². The number of nitrogens with zero attached hydrogens (tertiary/aromatic N) is 1. The molecule has 0 unspecified atom stereocenters. The average Bonchev–Trinajstić information content (AvgIpc) is 2.38. The molecule has 1 amide bonds. The largest absolute Gasteiger partial charge is 0.466 e. The molecule has 5 heteroatoms. The first-order valence-corrected chi connectivity index (χ1v) is 6.04. The van der Waals surface area contributed by atoms with Crippen LogP contribution in [0.4, 0.5) is 0 Å². The number of carbonyl (C=O) groups is 2. The number of esters is 1.